The van der Waals surface area contributed by atoms with Gasteiger partial charge in [0.25, 0.3) is 0 Å². The van der Waals surface area contributed by atoms with Gasteiger partial charge in [0, 0.05) is 18.8 Å². The lowest BCUT2D eigenvalue weighted by molar-refractivity contribution is 0.408. The highest BCUT2D eigenvalue weighted by molar-refractivity contribution is 7.16. The Morgan fingerprint density at radius 3 is 2.66 bits per heavy atom. The fraction of sp³-hybridized carbons (Fsp3) is 0.261. The van der Waals surface area contributed by atoms with Crippen LogP contribution in [0.25, 0.3) is 10.3 Å². The van der Waals surface area contributed by atoms with Crippen molar-refractivity contribution >= 4 is 51.4 Å². The molecule has 0 saturated carbocycles. The number of hydrogen-bond donors (Lipinski definition) is 2. The van der Waals surface area contributed by atoms with Crippen LogP contribution in [-0.4, -0.2) is 41.4 Å². The lowest BCUT2D eigenvalue weighted by atomic mass is 10.1. The predicted molar refractivity (Wildman–Crippen MR) is 134 cm³/mol. The average Bonchev–Trinajstić information content (AvgIpc) is 3.25. The van der Waals surface area contributed by atoms with Crippen LogP contribution in [0.1, 0.15) is 24.8 Å². The van der Waals surface area contributed by atoms with Crippen LogP contribution in [0, 0.1) is 5.82 Å². The molecule has 1 aliphatic heterocycles. The van der Waals surface area contributed by atoms with Crippen LogP contribution in [0.15, 0.2) is 50.7 Å². The van der Waals surface area contributed by atoms with E-state index in [-0.39, 0.29) is 11.8 Å². The van der Waals surface area contributed by atoms with Gasteiger partial charge < -0.3 is 19.4 Å². The molecule has 0 aliphatic carbocycles. The Kier molecular flexibility index (Phi) is 6.53. The second kappa shape index (κ2) is 10.1. The van der Waals surface area contributed by atoms with Crippen molar-refractivity contribution in [1.82, 2.24) is 15.0 Å². The third-order valence-electron chi connectivity index (χ3n) is 5.38. The number of aromatic nitrogens is 3. The molecule has 1 saturated heterocycles. The molecule has 2 aromatic carbocycles. The van der Waals surface area contributed by atoms with E-state index in [1.807, 2.05) is 0 Å². The summed E-state index contributed by atoms with van der Waals surface area (Å²) >= 11 is 0.993. The van der Waals surface area contributed by atoms with Gasteiger partial charge in [-0.3, -0.25) is 0 Å². The molecule has 0 radical (unpaired) electrons. The van der Waals surface area contributed by atoms with Crippen molar-refractivity contribution in [2.45, 2.75) is 19.3 Å². The van der Waals surface area contributed by atoms with Crippen molar-refractivity contribution in [2.24, 2.45) is 5.10 Å². The van der Waals surface area contributed by atoms with Gasteiger partial charge in [0.2, 0.25) is 17.8 Å². The van der Waals surface area contributed by atoms with Crippen LogP contribution in [0.3, 0.4) is 0 Å². The Balaban J connectivity index is 1.40. The summed E-state index contributed by atoms with van der Waals surface area (Å²) in [7, 11) is 1.51. The minimum absolute atomic E-state index is 0.252. The topological polar surface area (TPSA) is 118 Å². The molecule has 180 valence electrons. The normalized spacial score (nSPS) is 13.9. The molecular formula is C23H22FN7O3S. The molecule has 3 heterocycles. The van der Waals surface area contributed by atoms with E-state index < -0.39 is 4.94 Å². The van der Waals surface area contributed by atoms with Gasteiger partial charge in [-0.25, -0.2) is 14.6 Å². The molecule has 10 nitrogen and oxygen atoms in total. The van der Waals surface area contributed by atoms with Gasteiger partial charge in [0.15, 0.2) is 11.3 Å². The molecule has 5 rings (SSSR count). The highest BCUT2D eigenvalue weighted by Crippen LogP contribution is 2.28. The number of anilines is 4. The predicted octanol–water partition coefficient (Wildman–Crippen LogP) is 4.37. The number of benzene rings is 2. The fourth-order valence-electron chi connectivity index (χ4n) is 3.73. The molecular weight excluding hydrogens is 473 g/mol. The van der Waals surface area contributed by atoms with Gasteiger partial charge in [0.05, 0.1) is 18.0 Å². The zero-order chi connectivity index (χ0) is 24.2. The number of rotatable bonds is 7. The first-order chi connectivity index (χ1) is 17.1. The Morgan fingerprint density at radius 1 is 1.11 bits per heavy atom. The Hall–Kier alpha value is -4.06. The van der Waals surface area contributed by atoms with Crippen LogP contribution in [0.5, 0.6) is 5.75 Å². The van der Waals surface area contributed by atoms with Gasteiger partial charge in [-0.05, 0) is 61.2 Å². The first-order valence-corrected chi connectivity index (χ1v) is 11.8. The molecule has 0 spiro atoms. The number of piperidine rings is 1. The monoisotopic (exact) mass is 495 g/mol. The number of nitrogens with one attached hydrogen (secondary N) is 2. The summed E-state index contributed by atoms with van der Waals surface area (Å²) in [5, 5.41) is 7.36. The van der Waals surface area contributed by atoms with Crippen LogP contribution >= 0.6 is 11.3 Å². The number of halogens is 1. The van der Waals surface area contributed by atoms with E-state index in [9.17, 15) is 9.18 Å². The number of nitrogens with zero attached hydrogens (tertiary/aromatic N) is 5. The van der Waals surface area contributed by atoms with Gasteiger partial charge in [-0.2, -0.15) is 20.1 Å². The molecule has 4 aromatic rings. The number of fused-ring (bicyclic) bond motifs is 1. The van der Waals surface area contributed by atoms with Gasteiger partial charge >= 0.3 is 4.94 Å². The molecule has 1 fully saturated rings. The van der Waals surface area contributed by atoms with E-state index in [0.29, 0.717) is 39.2 Å². The molecule has 12 heteroatoms. The molecule has 0 amide bonds. The van der Waals surface area contributed by atoms with Crippen molar-refractivity contribution < 1.29 is 13.5 Å². The molecule has 35 heavy (non-hydrogen) atoms. The second-order valence-electron chi connectivity index (χ2n) is 7.84. The van der Waals surface area contributed by atoms with E-state index in [1.54, 1.807) is 30.5 Å². The summed E-state index contributed by atoms with van der Waals surface area (Å²) in [6.07, 6.45) is 4.88. The van der Waals surface area contributed by atoms with Gasteiger partial charge in [-0.15, -0.1) is 0 Å². The van der Waals surface area contributed by atoms with E-state index in [2.05, 4.69) is 35.7 Å². The zero-order valence-corrected chi connectivity index (χ0v) is 19.6. The van der Waals surface area contributed by atoms with E-state index in [1.165, 1.54) is 25.7 Å². The summed E-state index contributed by atoms with van der Waals surface area (Å²) in [6.45, 7) is 1.71. The smallest absolute Gasteiger partial charge is 0.396 e. The van der Waals surface area contributed by atoms with Crippen molar-refractivity contribution in [3.05, 3.63) is 57.5 Å². The number of ether oxygens (including phenoxy) is 1. The summed E-state index contributed by atoms with van der Waals surface area (Å²) < 4.78 is 24.4. The van der Waals surface area contributed by atoms with E-state index >= 15 is 0 Å². The van der Waals surface area contributed by atoms with Crippen molar-refractivity contribution in [1.29, 1.82) is 0 Å². The fourth-order valence-corrected chi connectivity index (χ4v) is 4.46. The first kappa shape index (κ1) is 22.7. The third-order valence-corrected chi connectivity index (χ3v) is 6.16. The maximum Gasteiger partial charge on any atom is 0.396 e. The van der Waals surface area contributed by atoms with Crippen molar-refractivity contribution in [3.8, 4) is 5.75 Å². The molecule has 1 aliphatic rings. The van der Waals surface area contributed by atoms with Crippen LogP contribution in [0.2, 0.25) is 0 Å². The van der Waals surface area contributed by atoms with Crippen molar-refractivity contribution in [2.75, 3.05) is 35.8 Å². The van der Waals surface area contributed by atoms with Gasteiger partial charge in [-0.1, -0.05) is 11.3 Å². The summed E-state index contributed by atoms with van der Waals surface area (Å²) in [5.74, 6) is 1.22. The van der Waals surface area contributed by atoms with E-state index in [0.717, 1.165) is 37.3 Å². The second-order valence-corrected chi connectivity index (χ2v) is 8.81. The lowest BCUT2D eigenvalue weighted by Crippen LogP contribution is -2.31. The van der Waals surface area contributed by atoms with Crippen LogP contribution in [0.4, 0.5) is 27.9 Å². The summed E-state index contributed by atoms with van der Waals surface area (Å²) in [4.78, 5) is 26.8. The van der Waals surface area contributed by atoms with E-state index in [4.69, 9.17) is 9.15 Å². The lowest BCUT2D eigenvalue weighted by Gasteiger charge is -2.26. The number of hydrazone groups is 1. The Morgan fingerprint density at radius 2 is 1.89 bits per heavy atom. The minimum Gasteiger partial charge on any atom is -0.493 e. The summed E-state index contributed by atoms with van der Waals surface area (Å²) in [6, 6.07) is 9.45. The van der Waals surface area contributed by atoms with Gasteiger partial charge in [0.1, 0.15) is 5.82 Å². The number of hydrogen-bond acceptors (Lipinski definition) is 11. The molecule has 0 bridgehead atoms. The quantitative estimate of drug-likeness (QED) is 0.285. The standard InChI is InChI=1S/C23H22FN7O3S/c1-33-17-11-14(12-18-19(17)34-23(32)35-18)13-25-30-21-27-20(26-16-7-5-15(24)6-8-16)28-22(29-21)31-9-3-2-4-10-31/h5-8,11-13H,2-4,9-10H2,1H3,(H2,26,27,28,29,30)/b25-13-. The maximum atomic E-state index is 13.3. The molecule has 0 atom stereocenters. The van der Waals surface area contributed by atoms with Crippen LogP contribution < -0.4 is 25.3 Å². The van der Waals surface area contributed by atoms with Crippen LogP contribution in [-0.2, 0) is 0 Å². The molecule has 2 N–H and O–H groups in total. The first-order valence-electron chi connectivity index (χ1n) is 11.0. The highest BCUT2D eigenvalue weighted by atomic mass is 32.1. The largest absolute Gasteiger partial charge is 0.493 e. The minimum atomic E-state index is -0.401. The third kappa shape index (κ3) is 5.38. The maximum absolute atomic E-state index is 13.3. The Labute approximate surface area is 203 Å². The molecule has 2 aromatic heterocycles. The average molecular weight is 496 g/mol. The summed E-state index contributed by atoms with van der Waals surface area (Å²) in [5.41, 5.74) is 4.62. The number of methoxy groups -OCH3 is 1. The highest BCUT2D eigenvalue weighted by Gasteiger charge is 2.16. The SMILES string of the molecule is COc1cc(/C=N\Nc2nc(Nc3ccc(F)cc3)nc(N3CCCCC3)n2)cc2sc(=O)oc12. The van der Waals surface area contributed by atoms with Crippen molar-refractivity contribution in [3.63, 3.8) is 0 Å². The molecule has 0 unspecified atom stereocenters. The zero-order valence-electron chi connectivity index (χ0n) is 18.8. The Bertz CT molecular complexity index is 1420.